The Labute approximate surface area is 195 Å². The summed E-state index contributed by atoms with van der Waals surface area (Å²) in [5.74, 6) is 2.37. The summed E-state index contributed by atoms with van der Waals surface area (Å²) in [4.78, 5) is 0. The first-order valence-corrected chi connectivity index (χ1v) is 11.2. The maximum atomic E-state index is 5.95. The van der Waals surface area contributed by atoms with E-state index in [4.69, 9.17) is 4.74 Å². The van der Waals surface area contributed by atoms with Crippen LogP contribution in [0.1, 0.15) is 35.9 Å². The minimum Gasteiger partial charge on any atom is -0.457 e. The summed E-state index contributed by atoms with van der Waals surface area (Å²) in [7, 11) is 0. The van der Waals surface area contributed by atoms with E-state index in [0.29, 0.717) is 0 Å². The van der Waals surface area contributed by atoms with E-state index in [1.54, 1.807) is 0 Å². The lowest BCUT2D eigenvalue weighted by molar-refractivity contribution is 0.482. The molecule has 1 N–H and O–H groups in total. The number of ether oxygens (including phenoxy) is 1. The van der Waals surface area contributed by atoms with Crippen LogP contribution in [0.25, 0.3) is 17.2 Å². The zero-order chi connectivity index (χ0) is 21.9. The molecule has 5 rings (SSSR count). The van der Waals surface area contributed by atoms with Crippen LogP contribution in [0.2, 0.25) is 0 Å². The quantitative estimate of drug-likeness (QED) is 0.330. The first-order chi connectivity index (χ1) is 15.7. The average molecular weight is 485 g/mol. The molecule has 0 atom stereocenters. The fourth-order valence-corrected chi connectivity index (χ4v) is 4.28. The molecule has 1 aliphatic rings. The number of H-pyrrole nitrogens is 1. The minimum absolute atomic E-state index is 0.738. The maximum Gasteiger partial charge on any atom is 0.174 e. The molecule has 6 heteroatoms. The Bertz CT molecular complexity index is 1290. The van der Waals surface area contributed by atoms with Crippen LogP contribution < -0.4 is 4.74 Å². The summed E-state index contributed by atoms with van der Waals surface area (Å²) in [6, 6.07) is 24.6. The van der Waals surface area contributed by atoms with Gasteiger partial charge in [-0.3, -0.25) is 0 Å². The molecule has 0 aliphatic heterocycles. The predicted octanol–water partition coefficient (Wildman–Crippen LogP) is 6.72. The smallest absolute Gasteiger partial charge is 0.174 e. The van der Waals surface area contributed by atoms with Crippen molar-refractivity contribution >= 4 is 33.2 Å². The Balaban J connectivity index is 1.40. The normalized spacial score (nSPS) is 14.1. The molecule has 158 valence electrons. The van der Waals surface area contributed by atoms with E-state index in [0.717, 1.165) is 40.2 Å². The van der Waals surface area contributed by atoms with Crippen LogP contribution in [0, 0.1) is 0 Å². The molecule has 0 unspecified atom stereocenters. The van der Waals surface area contributed by atoms with Crippen molar-refractivity contribution in [3.05, 3.63) is 105 Å². The lowest BCUT2D eigenvalue weighted by Gasteiger charge is -2.07. The number of rotatable bonds is 6. The number of tetrazole rings is 1. The second-order valence-corrected chi connectivity index (χ2v) is 8.58. The zero-order valence-corrected chi connectivity index (χ0v) is 19.1. The standard InChI is InChI=1S/C26H21BrN4O/c1-17-22(14-15-26-28-30-31-29-26)23-4-2-3-5-24(23)25(17)16-18-6-10-20(11-7-18)32-21-12-8-19(27)9-13-21/h2-13,16H,14-15H2,1H3,(H,28,29,30,31)/b25-16-. The fraction of sp³-hybridized carbons (Fsp3) is 0.115. The Morgan fingerprint density at radius 2 is 1.56 bits per heavy atom. The molecule has 1 aliphatic carbocycles. The van der Waals surface area contributed by atoms with Crippen molar-refractivity contribution in [3.8, 4) is 11.5 Å². The summed E-state index contributed by atoms with van der Waals surface area (Å²) < 4.78 is 6.98. The van der Waals surface area contributed by atoms with Gasteiger partial charge >= 0.3 is 0 Å². The first kappa shape index (κ1) is 20.4. The Hall–Kier alpha value is -3.51. The fourth-order valence-electron chi connectivity index (χ4n) is 4.02. The van der Waals surface area contributed by atoms with E-state index < -0.39 is 0 Å². The highest BCUT2D eigenvalue weighted by molar-refractivity contribution is 9.10. The third-order valence-corrected chi connectivity index (χ3v) is 6.16. The second-order valence-electron chi connectivity index (χ2n) is 7.66. The number of nitrogens with one attached hydrogen (secondary N) is 1. The van der Waals surface area contributed by atoms with Crippen LogP contribution in [0.3, 0.4) is 0 Å². The van der Waals surface area contributed by atoms with Gasteiger partial charge in [0.05, 0.1) is 0 Å². The molecule has 0 spiro atoms. The van der Waals surface area contributed by atoms with Crippen molar-refractivity contribution in [1.82, 2.24) is 20.6 Å². The van der Waals surface area contributed by atoms with Crippen molar-refractivity contribution < 1.29 is 4.74 Å². The van der Waals surface area contributed by atoms with Gasteiger partial charge in [-0.1, -0.05) is 57.5 Å². The van der Waals surface area contributed by atoms with Gasteiger partial charge < -0.3 is 4.74 Å². The van der Waals surface area contributed by atoms with E-state index in [1.807, 2.05) is 36.4 Å². The van der Waals surface area contributed by atoms with Crippen LogP contribution >= 0.6 is 15.9 Å². The van der Waals surface area contributed by atoms with Gasteiger partial charge in [-0.2, -0.15) is 5.21 Å². The monoisotopic (exact) mass is 484 g/mol. The SMILES string of the molecule is CC1=C(CCc2nn[nH]n2)c2ccccc2/C1=C\c1ccc(Oc2ccc(Br)cc2)cc1. The van der Waals surface area contributed by atoms with Crippen molar-refractivity contribution in [2.75, 3.05) is 0 Å². The number of benzene rings is 3. The van der Waals surface area contributed by atoms with Gasteiger partial charge in [0.2, 0.25) is 0 Å². The topological polar surface area (TPSA) is 63.7 Å². The molecular formula is C26H21BrN4O. The summed E-state index contributed by atoms with van der Waals surface area (Å²) in [6.45, 7) is 2.20. The van der Waals surface area contributed by atoms with Gasteiger partial charge in [0.25, 0.3) is 0 Å². The Morgan fingerprint density at radius 3 is 2.25 bits per heavy atom. The third-order valence-electron chi connectivity index (χ3n) is 5.63. The highest BCUT2D eigenvalue weighted by Gasteiger charge is 2.23. The van der Waals surface area contributed by atoms with Gasteiger partial charge in [-0.15, -0.1) is 10.2 Å². The largest absolute Gasteiger partial charge is 0.457 e. The highest BCUT2D eigenvalue weighted by atomic mass is 79.9. The highest BCUT2D eigenvalue weighted by Crippen LogP contribution is 2.43. The molecule has 5 nitrogen and oxygen atoms in total. The number of aromatic amines is 1. The van der Waals surface area contributed by atoms with Crippen molar-refractivity contribution in [1.29, 1.82) is 0 Å². The third kappa shape index (κ3) is 4.27. The minimum atomic E-state index is 0.738. The van der Waals surface area contributed by atoms with Gasteiger partial charge in [-0.05, 0) is 89.2 Å². The number of aromatic nitrogens is 4. The average Bonchev–Trinajstić information content (AvgIpc) is 3.42. The lowest BCUT2D eigenvalue weighted by Crippen LogP contribution is -1.92. The Morgan fingerprint density at radius 1 is 0.875 bits per heavy atom. The molecule has 0 amide bonds. The lowest BCUT2D eigenvalue weighted by atomic mass is 10.0. The van der Waals surface area contributed by atoms with Crippen LogP contribution in [-0.2, 0) is 6.42 Å². The van der Waals surface area contributed by atoms with Gasteiger partial charge in [0.1, 0.15) is 11.5 Å². The summed E-state index contributed by atoms with van der Waals surface area (Å²) in [6.07, 6.45) is 3.88. The molecular weight excluding hydrogens is 464 g/mol. The predicted molar refractivity (Wildman–Crippen MR) is 130 cm³/mol. The van der Waals surface area contributed by atoms with Crippen molar-refractivity contribution in [3.63, 3.8) is 0 Å². The van der Waals surface area contributed by atoms with Crippen molar-refractivity contribution in [2.24, 2.45) is 0 Å². The molecule has 0 radical (unpaired) electrons. The van der Waals surface area contributed by atoms with Gasteiger partial charge in [-0.25, -0.2) is 0 Å². The van der Waals surface area contributed by atoms with Crippen LogP contribution in [-0.4, -0.2) is 20.6 Å². The summed E-state index contributed by atoms with van der Waals surface area (Å²) >= 11 is 3.45. The van der Waals surface area contributed by atoms with Crippen LogP contribution in [0.5, 0.6) is 11.5 Å². The van der Waals surface area contributed by atoms with E-state index in [-0.39, 0.29) is 0 Å². The van der Waals surface area contributed by atoms with E-state index in [2.05, 4.69) is 86.0 Å². The molecule has 1 aromatic heterocycles. The summed E-state index contributed by atoms with van der Waals surface area (Å²) in [5.41, 5.74) is 7.58. The number of aryl methyl sites for hydroxylation is 1. The number of nitrogens with zero attached hydrogens (tertiary/aromatic N) is 3. The number of fused-ring (bicyclic) bond motifs is 1. The van der Waals surface area contributed by atoms with E-state index in [1.165, 1.54) is 27.8 Å². The molecule has 1 heterocycles. The maximum absolute atomic E-state index is 5.95. The molecule has 0 bridgehead atoms. The number of allylic oxidation sites excluding steroid dienone is 3. The second kappa shape index (κ2) is 8.93. The molecule has 4 aromatic rings. The van der Waals surface area contributed by atoms with Gasteiger partial charge in [0, 0.05) is 10.9 Å². The molecule has 0 saturated heterocycles. The molecule has 0 saturated carbocycles. The van der Waals surface area contributed by atoms with Crippen molar-refractivity contribution in [2.45, 2.75) is 19.8 Å². The molecule has 3 aromatic carbocycles. The number of halogens is 1. The summed E-state index contributed by atoms with van der Waals surface area (Å²) in [5, 5.41) is 14.4. The van der Waals surface area contributed by atoms with Gasteiger partial charge in [0.15, 0.2) is 5.82 Å². The molecule has 0 fully saturated rings. The van der Waals surface area contributed by atoms with E-state index >= 15 is 0 Å². The van der Waals surface area contributed by atoms with E-state index in [9.17, 15) is 0 Å². The molecule has 32 heavy (non-hydrogen) atoms. The number of hydrogen-bond acceptors (Lipinski definition) is 4. The number of hydrogen-bond donors (Lipinski definition) is 1. The Kier molecular flexibility index (Phi) is 5.69. The zero-order valence-electron chi connectivity index (χ0n) is 17.5. The van der Waals surface area contributed by atoms with Crippen LogP contribution in [0.4, 0.5) is 0 Å². The first-order valence-electron chi connectivity index (χ1n) is 10.4. The van der Waals surface area contributed by atoms with Crippen LogP contribution in [0.15, 0.2) is 82.8 Å².